The number of amides is 1. The van der Waals surface area contributed by atoms with Crippen LogP contribution in [0.2, 0.25) is 0 Å². The number of hydrogen-bond acceptors (Lipinski definition) is 2. The average molecular weight is 231 g/mol. The number of hydrogen-bond donors (Lipinski definition) is 1. The van der Waals surface area contributed by atoms with Crippen molar-refractivity contribution in [1.82, 2.24) is 5.32 Å². The van der Waals surface area contributed by atoms with Crippen LogP contribution in [0.5, 0.6) is 5.75 Å². The maximum absolute atomic E-state index is 11.4. The fourth-order valence-electron chi connectivity index (χ4n) is 1.36. The first-order valence-electron chi connectivity index (χ1n) is 5.61. The molecule has 3 heteroatoms. The zero-order valence-electron chi connectivity index (χ0n) is 10.2. The van der Waals surface area contributed by atoms with Crippen LogP contribution in [0.25, 0.3) is 0 Å². The highest BCUT2D eigenvalue weighted by atomic mass is 16.5. The highest BCUT2D eigenvalue weighted by Gasteiger charge is 2.04. The minimum atomic E-state index is -0.0156. The summed E-state index contributed by atoms with van der Waals surface area (Å²) in [6, 6.07) is 7.47. The van der Waals surface area contributed by atoms with Crippen molar-refractivity contribution in [1.29, 1.82) is 0 Å². The summed E-state index contributed by atoms with van der Waals surface area (Å²) in [5.74, 6) is 3.17. The van der Waals surface area contributed by atoms with Crippen LogP contribution in [0.3, 0.4) is 0 Å². The first-order valence-corrected chi connectivity index (χ1v) is 5.61. The summed E-state index contributed by atoms with van der Waals surface area (Å²) >= 11 is 0. The molecule has 1 rings (SSSR count). The molecule has 3 nitrogen and oxygen atoms in total. The molecule has 1 amide bonds. The Balaban J connectivity index is 2.41. The van der Waals surface area contributed by atoms with Crippen LogP contribution in [-0.4, -0.2) is 18.6 Å². The summed E-state index contributed by atoms with van der Waals surface area (Å²) in [5, 5.41) is 2.80. The van der Waals surface area contributed by atoms with E-state index >= 15 is 0 Å². The van der Waals surface area contributed by atoms with E-state index in [2.05, 4.69) is 11.2 Å². The molecule has 90 valence electrons. The normalized spacial score (nSPS) is 9.76. The first-order chi connectivity index (χ1) is 8.13. The van der Waals surface area contributed by atoms with Crippen LogP contribution < -0.4 is 10.1 Å². The van der Waals surface area contributed by atoms with E-state index in [1.165, 1.54) is 0 Å². The lowest BCUT2D eigenvalue weighted by Crippen LogP contribution is -2.31. The molecule has 0 aliphatic carbocycles. The van der Waals surface area contributed by atoms with Crippen molar-refractivity contribution in [3.8, 4) is 18.1 Å². The Labute approximate surface area is 102 Å². The highest BCUT2D eigenvalue weighted by Crippen LogP contribution is 2.16. The summed E-state index contributed by atoms with van der Waals surface area (Å²) in [6.07, 6.45) is 5.67. The maximum atomic E-state index is 11.4. The predicted molar refractivity (Wildman–Crippen MR) is 67.8 cm³/mol. The van der Waals surface area contributed by atoms with E-state index in [0.29, 0.717) is 24.3 Å². The first kappa shape index (κ1) is 13.1. The second-order valence-corrected chi connectivity index (χ2v) is 3.96. The van der Waals surface area contributed by atoms with E-state index in [4.69, 9.17) is 11.2 Å². The highest BCUT2D eigenvalue weighted by molar-refractivity contribution is 5.76. The molecule has 0 atom stereocenters. The zero-order chi connectivity index (χ0) is 12.7. The molecule has 17 heavy (non-hydrogen) atoms. The Morgan fingerprint density at radius 1 is 1.47 bits per heavy atom. The smallest absolute Gasteiger partial charge is 0.223 e. The van der Waals surface area contributed by atoms with Gasteiger partial charge in [-0.15, -0.1) is 6.42 Å². The van der Waals surface area contributed by atoms with Crippen molar-refractivity contribution in [2.75, 3.05) is 6.61 Å². The Kier molecular flexibility index (Phi) is 5.09. The lowest BCUT2D eigenvalue weighted by atomic mass is 10.2. The van der Waals surface area contributed by atoms with Crippen molar-refractivity contribution >= 4 is 5.91 Å². The molecule has 1 N–H and O–H groups in total. The summed E-state index contributed by atoms with van der Waals surface area (Å²) in [6.45, 7) is 4.18. The van der Waals surface area contributed by atoms with E-state index in [9.17, 15) is 4.79 Å². The molecule has 0 fully saturated rings. The Bertz CT molecular complexity index is 418. The molecule has 0 spiro atoms. The van der Waals surface area contributed by atoms with Gasteiger partial charge in [0.15, 0.2) is 0 Å². The van der Waals surface area contributed by atoms with Gasteiger partial charge in [0.2, 0.25) is 5.91 Å². The molecule has 0 aliphatic rings. The van der Waals surface area contributed by atoms with Crippen molar-refractivity contribution in [3.05, 3.63) is 29.8 Å². The zero-order valence-corrected chi connectivity index (χ0v) is 10.2. The van der Waals surface area contributed by atoms with Crippen molar-refractivity contribution in [2.24, 2.45) is 0 Å². The van der Waals surface area contributed by atoms with E-state index in [1.807, 2.05) is 32.0 Å². The Morgan fingerprint density at radius 3 is 2.82 bits per heavy atom. The molecule has 0 radical (unpaired) electrons. The molecule has 0 unspecified atom stereocenters. The van der Waals surface area contributed by atoms with E-state index in [1.54, 1.807) is 6.07 Å². The second kappa shape index (κ2) is 6.59. The minimum Gasteiger partial charge on any atom is -0.492 e. The molecule has 1 aromatic carbocycles. The van der Waals surface area contributed by atoms with Gasteiger partial charge in [0.25, 0.3) is 0 Å². The van der Waals surface area contributed by atoms with E-state index in [-0.39, 0.29) is 11.9 Å². The lowest BCUT2D eigenvalue weighted by Gasteiger charge is -2.10. The average Bonchev–Trinajstić information content (AvgIpc) is 2.28. The fraction of sp³-hybridized carbons (Fsp3) is 0.357. The van der Waals surface area contributed by atoms with Crippen LogP contribution in [0.4, 0.5) is 0 Å². The number of terminal acetylenes is 1. The molecular formula is C14H17NO2. The minimum absolute atomic E-state index is 0.0156. The molecule has 0 aliphatic heterocycles. The number of rotatable bonds is 5. The number of carbonyl (C=O) groups excluding carboxylic acids is 1. The third-order valence-electron chi connectivity index (χ3n) is 2.08. The summed E-state index contributed by atoms with van der Waals surface area (Å²) in [7, 11) is 0. The van der Waals surface area contributed by atoms with E-state index < -0.39 is 0 Å². The van der Waals surface area contributed by atoms with Gasteiger partial charge in [0.1, 0.15) is 5.75 Å². The summed E-state index contributed by atoms with van der Waals surface area (Å²) in [5.41, 5.74) is 0.705. The monoisotopic (exact) mass is 231 g/mol. The van der Waals surface area contributed by atoms with Gasteiger partial charge in [-0.2, -0.15) is 0 Å². The molecular weight excluding hydrogens is 214 g/mol. The van der Waals surface area contributed by atoms with Gasteiger partial charge in [0.05, 0.1) is 18.6 Å². The summed E-state index contributed by atoms with van der Waals surface area (Å²) in [4.78, 5) is 11.4. The van der Waals surface area contributed by atoms with Crippen LogP contribution in [-0.2, 0) is 4.79 Å². The lowest BCUT2D eigenvalue weighted by molar-refractivity contribution is -0.122. The van der Waals surface area contributed by atoms with Crippen molar-refractivity contribution in [3.63, 3.8) is 0 Å². The molecule has 0 saturated heterocycles. The van der Waals surface area contributed by atoms with Gasteiger partial charge in [-0.3, -0.25) is 4.79 Å². The number of para-hydroxylation sites is 1. The van der Waals surface area contributed by atoms with Gasteiger partial charge in [0, 0.05) is 6.04 Å². The summed E-state index contributed by atoms with van der Waals surface area (Å²) < 4.78 is 5.48. The third-order valence-corrected chi connectivity index (χ3v) is 2.08. The van der Waals surface area contributed by atoms with Gasteiger partial charge >= 0.3 is 0 Å². The fourth-order valence-corrected chi connectivity index (χ4v) is 1.36. The maximum Gasteiger partial charge on any atom is 0.223 e. The number of nitrogens with one attached hydrogen (secondary N) is 1. The number of ether oxygens (including phenoxy) is 1. The van der Waals surface area contributed by atoms with Crippen molar-refractivity contribution in [2.45, 2.75) is 26.3 Å². The SMILES string of the molecule is C#Cc1ccccc1OCCC(=O)NC(C)C. The predicted octanol–water partition coefficient (Wildman–Crippen LogP) is 1.96. The quantitative estimate of drug-likeness (QED) is 0.787. The largest absolute Gasteiger partial charge is 0.492 e. The third kappa shape index (κ3) is 4.60. The molecule has 0 saturated carbocycles. The molecule has 0 heterocycles. The number of benzene rings is 1. The van der Waals surface area contributed by atoms with Gasteiger partial charge in [-0.1, -0.05) is 18.1 Å². The van der Waals surface area contributed by atoms with Crippen LogP contribution >= 0.6 is 0 Å². The van der Waals surface area contributed by atoms with Gasteiger partial charge in [-0.05, 0) is 26.0 Å². The Hall–Kier alpha value is -1.95. The van der Waals surface area contributed by atoms with Crippen LogP contribution in [0, 0.1) is 12.3 Å². The van der Waals surface area contributed by atoms with Crippen LogP contribution in [0.15, 0.2) is 24.3 Å². The Morgan fingerprint density at radius 2 is 2.18 bits per heavy atom. The molecule has 0 aromatic heterocycles. The van der Waals surface area contributed by atoms with Gasteiger partial charge < -0.3 is 10.1 Å². The van der Waals surface area contributed by atoms with Crippen molar-refractivity contribution < 1.29 is 9.53 Å². The standard InChI is InChI=1S/C14H17NO2/c1-4-12-7-5-6-8-13(12)17-10-9-14(16)15-11(2)3/h1,5-8,11H,9-10H2,2-3H3,(H,15,16). The molecule has 1 aromatic rings. The molecule has 0 bridgehead atoms. The topological polar surface area (TPSA) is 38.3 Å². The van der Waals surface area contributed by atoms with E-state index in [0.717, 1.165) is 0 Å². The number of carbonyl (C=O) groups is 1. The second-order valence-electron chi connectivity index (χ2n) is 3.96. The van der Waals surface area contributed by atoms with Crippen LogP contribution in [0.1, 0.15) is 25.8 Å². The van der Waals surface area contributed by atoms with Gasteiger partial charge in [-0.25, -0.2) is 0 Å².